The molecule has 0 aliphatic heterocycles. The summed E-state index contributed by atoms with van der Waals surface area (Å²) < 4.78 is 6.36. The van der Waals surface area contributed by atoms with Crippen molar-refractivity contribution in [2.45, 2.75) is 89.4 Å². The van der Waals surface area contributed by atoms with Crippen LogP contribution in [0, 0.1) is 47.8 Å². The number of furan rings is 1. The van der Waals surface area contributed by atoms with E-state index < -0.39 is 0 Å². The summed E-state index contributed by atoms with van der Waals surface area (Å²) in [5.41, 5.74) is 1.44. The first kappa shape index (κ1) is 18.3. The third-order valence-corrected chi connectivity index (χ3v) is 10.5. The number of rotatable bonds is 4. The van der Waals surface area contributed by atoms with Gasteiger partial charge >= 0.3 is 0 Å². The van der Waals surface area contributed by atoms with Gasteiger partial charge < -0.3 is 9.73 Å². The van der Waals surface area contributed by atoms with Gasteiger partial charge in [-0.2, -0.15) is 0 Å². The topological polar surface area (TPSA) is 42.2 Å². The molecule has 8 aliphatic rings. The van der Waals surface area contributed by atoms with Crippen molar-refractivity contribution in [3.05, 3.63) is 23.2 Å². The summed E-state index contributed by atoms with van der Waals surface area (Å²) in [5.74, 6) is 7.59. The minimum Gasteiger partial charge on any atom is -0.465 e. The molecule has 3 nitrogen and oxygen atoms in total. The Hall–Kier alpha value is -1.25. The van der Waals surface area contributed by atoms with Crippen LogP contribution in [0.15, 0.2) is 10.5 Å². The van der Waals surface area contributed by atoms with Crippen LogP contribution in [0.25, 0.3) is 0 Å². The van der Waals surface area contributed by atoms with E-state index in [0.29, 0.717) is 5.41 Å². The molecule has 8 fully saturated rings. The predicted octanol–water partition coefficient (Wildman–Crippen LogP) is 6.00. The molecule has 1 N–H and O–H groups in total. The highest BCUT2D eigenvalue weighted by Gasteiger charge is 2.54. The second-order valence-corrected chi connectivity index (χ2v) is 12.9. The van der Waals surface area contributed by atoms with Crippen molar-refractivity contribution in [2.75, 3.05) is 6.54 Å². The maximum Gasteiger partial charge on any atom is 0.254 e. The Morgan fingerprint density at radius 1 is 0.867 bits per heavy atom. The van der Waals surface area contributed by atoms with E-state index in [-0.39, 0.29) is 11.3 Å². The van der Waals surface area contributed by atoms with Crippen LogP contribution in [0.5, 0.6) is 0 Å². The Morgan fingerprint density at radius 3 is 1.83 bits per heavy atom. The van der Waals surface area contributed by atoms with Gasteiger partial charge in [-0.3, -0.25) is 4.79 Å². The van der Waals surface area contributed by atoms with Crippen LogP contribution in [0.3, 0.4) is 0 Å². The lowest BCUT2D eigenvalue weighted by atomic mass is 9.49. The molecular formula is C27H37NO2. The van der Waals surface area contributed by atoms with Gasteiger partial charge in [0, 0.05) is 12.0 Å². The van der Waals surface area contributed by atoms with Crippen LogP contribution in [0.4, 0.5) is 0 Å². The number of carbonyl (C=O) groups is 1. The van der Waals surface area contributed by atoms with Crippen molar-refractivity contribution in [1.29, 1.82) is 0 Å². The molecule has 1 amide bonds. The summed E-state index contributed by atoms with van der Waals surface area (Å²) in [6, 6.07) is 2.15. The van der Waals surface area contributed by atoms with Crippen molar-refractivity contribution in [3.8, 4) is 0 Å². The van der Waals surface area contributed by atoms with Gasteiger partial charge in [0.1, 0.15) is 11.5 Å². The van der Waals surface area contributed by atoms with E-state index in [9.17, 15) is 4.79 Å². The largest absolute Gasteiger partial charge is 0.465 e. The molecule has 1 aromatic heterocycles. The highest BCUT2D eigenvalue weighted by molar-refractivity contribution is 5.95. The summed E-state index contributed by atoms with van der Waals surface area (Å²) in [7, 11) is 0. The minimum atomic E-state index is 0.114. The quantitative estimate of drug-likeness (QED) is 0.665. The fourth-order valence-corrected chi connectivity index (χ4v) is 10.3. The molecule has 0 spiro atoms. The highest BCUT2D eigenvalue weighted by atomic mass is 16.3. The van der Waals surface area contributed by atoms with E-state index in [1.165, 1.54) is 77.0 Å². The zero-order chi connectivity index (χ0) is 20.1. The molecule has 1 aromatic rings. The number of aryl methyl sites for hydroxylation is 1. The molecule has 3 heteroatoms. The molecular weight excluding hydrogens is 370 g/mol. The van der Waals surface area contributed by atoms with Crippen LogP contribution in [0.1, 0.15) is 98.9 Å². The molecule has 0 aromatic carbocycles. The average Bonchev–Trinajstić information content (AvgIpc) is 3.07. The average molecular weight is 408 g/mol. The number of nitrogens with one attached hydrogen (secondary N) is 1. The van der Waals surface area contributed by atoms with E-state index in [0.717, 1.165) is 59.1 Å². The van der Waals surface area contributed by atoms with Crippen molar-refractivity contribution in [1.82, 2.24) is 5.32 Å². The zero-order valence-electron chi connectivity index (χ0n) is 18.6. The van der Waals surface area contributed by atoms with E-state index in [4.69, 9.17) is 4.42 Å². The molecule has 0 saturated heterocycles. The first-order valence-electron chi connectivity index (χ1n) is 12.9. The number of hydrogen-bond acceptors (Lipinski definition) is 2. The molecule has 0 radical (unpaired) electrons. The fourth-order valence-electron chi connectivity index (χ4n) is 10.3. The van der Waals surface area contributed by atoms with Crippen molar-refractivity contribution in [3.63, 3.8) is 0 Å². The van der Waals surface area contributed by atoms with Crippen molar-refractivity contribution >= 4 is 5.91 Å². The molecule has 8 saturated carbocycles. The van der Waals surface area contributed by atoms with E-state index >= 15 is 0 Å². The van der Waals surface area contributed by atoms with Gasteiger partial charge in [0.15, 0.2) is 0 Å². The molecule has 8 bridgehead atoms. The summed E-state index contributed by atoms with van der Waals surface area (Å²) in [6.07, 6.45) is 16.6. The molecule has 162 valence electrons. The monoisotopic (exact) mass is 407 g/mol. The molecule has 30 heavy (non-hydrogen) atoms. The van der Waals surface area contributed by atoms with Gasteiger partial charge in [0.25, 0.3) is 5.91 Å². The number of carbonyl (C=O) groups excluding carboxylic acids is 1. The first-order valence-corrected chi connectivity index (χ1v) is 12.9. The smallest absolute Gasteiger partial charge is 0.254 e. The van der Waals surface area contributed by atoms with Crippen LogP contribution in [-0.2, 0) is 5.41 Å². The molecule has 9 rings (SSSR count). The summed E-state index contributed by atoms with van der Waals surface area (Å²) in [6.45, 7) is 2.89. The van der Waals surface area contributed by atoms with Crippen molar-refractivity contribution in [2.24, 2.45) is 40.9 Å². The maximum absolute atomic E-state index is 13.2. The lowest BCUT2D eigenvalue weighted by Crippen LogP contribution is -2.51. The third-order valence-electron chi connectivity index (χ3n) is 10.5. The van der Waals surface area contributed by atoms with Crippen LogP contribution in [0.2, 0.25) is 0 Å². The Balaban J connectivity index is 1.09. The molecule has 0 unspecified atom stereocenters. The second-order valence-electron chi connectivity index (χ2n) is 12.9. The lowest BCUT2D eigenvalue weighted by molar-refractivity contribution is -0.0503. The summed E-state index contributed by atoms with van der Waals surface area (Å²) in [4.78, 5) is 13.2. The van der Waals surface area contributed by atoms with Crippen LogP contribution >= 0.6 is 0 Å². The Kier molecular flexibility index (Phi) is 3.77. The highest BCUT2D eigenvalue weighted by Crippen LogP contribution is 2.61. The van der Waals surface area contributed by atoms with Crippen LogP contribution in [-0.4, -0.2) is 12.5 Å². The van der Waals surface area contributed by atoms with Gasteiger partial charge in [-0.05, 0) is 131 Å². The summed E-state index contributed by atoms with van der Waals surface area (Å²) in [5, 5.41) is 3.38. The fraction of sp³-hybridized carbons (Fsp3) is 0.815. The number of amides is 1. The van der Waals surface area contributed by atoms with Gasteiger partial charge in [-0.15, -0.1) is 0 Å². The van der Waals surface area contributed by atoms with Crippen LogP contribution < -0.4 is 5.32 Å². The normalized spacial score (nSPS) is 47.8. The van der Waals surface area contributed by atoms with Gasteiger partial charge in [0.2, 0.25) is 0 Å². The van der Waals surface area contributed by atoms with E-state index in [1.807, 2.05) is 6.92 Å². The molecule has 0 atom stereocenters. The maximum atomic E-state index is 13.2. The molecule has 8 aliphatic carbocycles. The second kappa shape index (κ2) is 6.17. The minimum absolute atomic E-state index is 0.114. The first-order chi connectivity index (χ1) is 14.5. The number of hydrogen-bond donors (Lipinski definition) is 1. The van der Waals surface area contributed by atoms with Gasteiger partial charge in [0.05, 0.1) is 5.56 Å². The third kappa shape index (κ3) is 2.72. The standard InChI is InChI=1S/C27H37NO2/c1-16-23(8-24(30-16)27-12-20-5-21(13-27)7-22(6-20)14-27)25(29)28-15-26-9-17-2-18(10-26)4-19(3-17)11-26/h8,17-22H,2-7,9-15H2,1H3,(H,28,29). The molecule has 1 heterocycles. The van der Waals surface area contributed by atoms with Crippen molar-refractivity contribution < 1.29 is 9.21 Å². The Bertz CT molecular complexity index is 809. The SMILES string of the molecule is Cc1oc(C23CC4CC(CC(C4)C2)C3)cc1C(=O)NCC12CC3CC(CC(C3)C1)C2. The Labute approximate surface area is 180 Å². The predicted molar refractivity (Wildman–Crippen MR) is 116 cm³/mol. The Morgan fingerprint density at radius 2 is 1.33 bits per heavy atom. The van der Waals surface area contributed by atoms with E-state index in [1.54, 1.807) is 0 Å². The van der Waals surface area contributed by atoms with Gasteiger partial charge in [-0.25, -0.2) is 0 Å². The van der Waals surface area contributed by atoms with E-state index in [2.05, 4.69) is 11.4 Å². The zero-order valence-corrected chi connectivity index (χ0v) is 18.6. The van der Waals surface area contributed by atoms with Gasteiger partial charge in [-0.1, -0.05) is 0 Å². The summed E-state index contributed by atoms with van der Waals surface area (Å²) >= 11 is 0. The lowest BCUT2D eigenvalue weighted by Gasteiger charge is -2.56.